The Morgan fingerprint density at radius 2 is 1.88 bits per heavy atom. The van der Waals surface area contributed by atoms with Crippen LogP contribution in [0.4, 0.5) is 9.18 Å². The van der Waals surface area contributed by atoms with Crippen LogP contribution in [0.3, 0.4) is 0 Å². The number of fused-ring (bicyclic) bond motifs is 1. The maximum Gasteiger partial charge on any atom is 0.407 e. The van der Waals surface area contributed by atoms with Crippen molar-refractivity contribution in [1.82, 2.24) is 19.5 Å². The quantitative estimate of drug-likeness (QED) is 0.739. The van der Waals surface area contributed by atoms with Crippen LogP contribution in [0.5, 0.6) is 0 Å². The van der Waals surface area contributed by atoms with Gasteiger partial charge in [0, 0.05) is 36.7 Å². The molecule has 8 heteroatoms. The number of carbonyl (C=O) groups is 1. The first-order valence-electron chi connectivity index (χ1n) is 8.38. The largest absolute Gasteiger partial charge is 0.465 e. The van der Waals surface area contributed by atoms with Gasteiger partial charge >= 0.3 is 6.09 Å². The number of halogens is 1. The first-order chi connectivity index (χ1) is 12.5. The normalized spacial score (nSPS) is 15.5. The second-order valence-electron chi connectivity index (χ2n) is 6.44. The molecule has 1 aliphatic rings. The van der Waals surface area contributed by atoms with Crippen LogP contribution in [-0.4, -0.2) is 43.8 Å². The Hall–Kier alpha value is -3.16. The highest BCUT2D eigenvalue weighted by atomic mass is 19.1. The maximum absolute atomic E-state index is 13.1. The van der Waals surface area contributed by atoms with Crippen LogP contribution >= 0.6 is 0 Å². The van der Waals surface area contributed by atoms with Crippen molar-refractivity contribution >= 4 is 11.7 Å². The van der Waals surface area contributed by atoms with E-state index in [1.54, 1.807) is 22.7 Å². The van der Waals surface area contributed by atoms with Gasteiger partial charge in [-0.3, -0.25) is 4.79 Å². The molecule has 1 aromatic carbocycles. The minimum Gasteiger partial charge on any atom is -0.465 e. The number of rotatable bonds is 2. The van der Waals surface area contributed by atoms with E-state index in [4.69, 9.17) is 5.11 Å². The highest BCUT2D eigenvalue weighted by Gasteiger charge is 2.26. The van der Waals surface area contributed by atoms with Crippen molar-refractivity contribution in [1.29, 1.82) is 0 Å². The molecule has 7 nitrogen and oxygen atoms in total. The van der Waals surface area contributed by atoms with E-state index in [1.165, 1.54) is 23.1 Å². The van der Waals surface area contributed by atoms with E-state index < -0.39 is 6.09 Å². The molecule has 0 spiro atoms. The summed E-state index contributed by atoms with van der Waals surface area (Å²) in [7, 11) is 0. The average Bonchev–Trinajstić information content (AvgIpc) is 3.05. The number of likely N-dealkylation sites (tertiary alicyclic amines) is 1. The molecule has 0 unspecified atom stereocenters. The molecule has 0 aliphatic carbocycles. The Bertz CT molecular complexity index is 1020. The number of hydrogen-bond donors (Lipinski definition) is 2. The van der Waals surface area contributed by atoms with Crippen molar-refractivity contribution in [2.45, 2.75) is 18.8 Å². The molecule has 3 heterocycles. The van der Waals surface area contributed by atoms with E-state index in [9.17, 15) is 14.0 Å². The molecule has 134 valence electrons. The summed E-state index contributed by atoms with van der Waals surface area (Å²) in [6.07, 6.45) is 0.352. The average molecular weight is 356 g/mol. The van der Waals surface area contributed by atoms with Gasteiger partial charge in [-0.15, -0.1) is 0 Å². The number of benzene rings is 1. The third-order valence-electron chi connectivity index (χ3n) is 4.81. The van der Waals surface area contributed by atoms with Crippen molar-refractivity contribution in [2.75, 3.05) is 13.1 Å². The monoisotopic (exact) mass is 356 g/mol. The maximum atomic E-state index is 13.1. The van der Waals surface area contributed by atoms with Crippen molar-refractivity contribution in [3.8, 4) is 11.3 Å². The molecule has 1 fully saturated rings. The molecule has 0 atom stereocenters. The number of H-pyrrole nitrogens is 1. The summed E-state index contributed by atoms with van der Waals surface area (Å²) in [5.74, 6) is -0.270. The number of amides is 1. The molecular weight excluding hydrogens is 339 g/mol. The van der Waals surface area contributed by atoms with E-state index in [0.29, 0.717) is 37.3 Å². The molecule has 26 heavy (non-hydrogen) atoms. The van der Waals surface area contributed by atoms with Crippen molar-refractivity contribution in [3.05, 3.63) is 58.3 Å². The molecule has 1 amide bonds. The topological polar surface area (TPSA) is 90.7 Å². The Labute approximate surface area is 147 Å². The molecule has 2 aromatic heterocycles. The van der Waals surface area contributed by atoms with Gasteiger partial charge in [0.25, 0.3) is 5.56 Å². The van der Waals surface area contributed by atoms with E-state index in [1.807, 2.05) is 0 Å². The number of nitrogens with zero attached hydrogens (tertiary/aromatic N) is 3. The molecule has 4 rings (SSSR count). The van der Waals surface area contributed by atoms with Gasteiger partial charge in [-0.25, -0.2) is 13.7 Å². The van der Waals surface area contributed by atoms with E-state index in [0.717, 1.165) is 11.3 Å². The van der Waals surface area contributed by atoms with Crippen LogP contribution in [0, 0.1) is 5.82 Å². The molecule has 3 aromatic rings. The Morgan fingerprint density at radius 3 is 2.54 bits per heavy atom. The summed E-state index contributed by atoms with van der Waals surface area (Å²) in [6, 6.07) is 9.29. The van der Waals surface area contributed by atoms with Gasteiger partial charge in [0.1, 0.15) is 11.5 Å². The van der Waals surface area contributed by atoms with Crippen LogP contribution in [0.2, 0.25) is 0 Å². The van der Waals surface area contributed by atoms with Crippen LogP contribution in [0.25, 0.3) is 16.9 Å². The smallest absolute Gasteiger partial charge is 0.407 e. The molecular formula is C18H17FN4O3. The van der Waals surface area contributed by atoms with Gasteiger partial charge in [0.2, 0.25) is 0 Å². The summed E-state index contributed by atoms with van der Waals surface area (Å²) in [4.78, 5) is 27.3. The Kier molecular flexibility index (Phi) is 3.95. The van der Waals surface area contributed by atoms with Gasteiger partial charge in [-0.1, -0.05) is 0 Å². The van der Waals surface area contributed by atoms with Crippen LogP contribution in [0.15, 0.2) is 41.2 Å². The Balaban J connectivity index is 1.72. The summed E-state index contributed by atoms with van der Waals surface area (Å²) in [5.41, 5.74) is 2.49. The molecule has 2 N–H and O–H groups in total. The molecule has 1 aliphatic heterocycles. The highest BCUT2D eigenvalue weighted by molar-refractivity contribution is 5.65. The lowest BCUT2D eigenvalue weighted by Gasteiger charge is -2.30. The van der Waals surface area contributed by atoms with E-state index >= 15 is 0 Å². The fourth-order valence-electron chi connectivity index (χ4n) is 3.44. The molecule has 0 saturated carbocycles. The zero-order valence-electron chi connectivity index (χ0n) is 13.9. The van der Waals surface area contributed by atoms with Gasteiger partial charge < -0.3 is 15.0 Å². The second kappa shape index (κ2) is 6.29. The molecule has 0 radical (unpaired) electrons. The number of aromatic amines is 1. The standard InChI is InChI=1S/C18H17FN4O3/c19-13-3-1-11(2-4-13)14-9-16-20-17(24)10-15(23(16)21-14)12-5-7-22(8-6-12)18(25)26/h1-4,9-10,12H,5-8H2,(H,20,24)(H,25,26). The highest BCUT2D eigenvalue weighted by Crippen LogP contribution is 2.28. The van der Waals surface area contributed by atoms with Gasteiger partial charge in [-0.2, -0.15) is 5.10 Å². The van der Waals surface area contributed by atoms with Crippen LogP contribution in [-0.2, 0) is 0 Å². The van der Waals surface area contributed by atoms with Crippen molar-refractivity contribution < 1.29 is 14.3 Å². The fraction of sp³-hybridized carbons (Fsp3) is 0.278. The SMILES string of the molecule is O=C(O)N1CCC(c2cc(=O)[nH]c3cc(-c4ccc(F)cc4)nn23)CC1. The number of nitrogens with one attached hydrogen (secondary N) is 1. The fourth-order valence-corrected chi connectivity index (χ4v) is 3.44. The summed E-state index contributed by atoms with van der Waals surface area (Å²) < 4.78 is 14.8. The predicted octanol–water partition coefficient (Wildman–Crippen LogP) is 2.69. The van der Waals surface area contributed by atoms with Crippen molar-refractivity contribution in [3.63, 3.8) is 0 Å². The zero-order valence-corrected chi connectivity index (χ0v) is 13.9. The molecule has 1 saturated heterocycles. The van der Waals surface area contributed by atoms with Gasteiger partial charge in [0.15, 0.2) is 0 Å². The molecule has 0 bridgehead atoms. The lowest BCUT2D eigenvalue weighted by Crippen LogP contribution is -2.37. The van der Waals surface area contributed by atoms with Crippen molar-refractivity contribution in [2.24, 2.45) is 0 Å². The van der Waals surface area contributed by atoms with Gasteiger partial charge in [0.05, 0.1) is 11.4 Å². The first kappa shape index (κ1) is 16.3. The third kappa shape index (κ3) is 2.94. The predicted molar refractivity (Wildman–Crippen MR) is 92.8 cm³/mol. The first-order valence-corrected chi connectivity index (χ1v) is 8.38. The number of aromatic nitrogens is 3. The lowest BCUT2D eigenvalue weighted by molar-refractivity contribution is 0.131. The number of carboxylic acid groups (broad SMARTS) is 1. The minimum absolute atomic E-state index is 0.0522. The lowest BCUT2D eigenvalue weighted by atomic mass is 9.93. The number of piperidine rings is 1. The second-order valence-corrected chi connectivity index (χ2v) is 6.44. The summed E-state index contributed by atoms with van der Waals surface area (Å²) >= 11 is 0. The summed E-state index contributed by atoms with van der Waals surface area (Å²) in [5, 5.41) is 13.7. The third-order valence-corrected chi connectivity index (χ3v) is 4.81. The zero-order chi connectivity index (χ0) is 18.3. The van der Waals surface area contributed by atoms with Crippen LogP contribution < -0.4 is 5.56 Å². The van der Waals surface area contributed by atoms with E-state index in [-0.39, 0.29) is 17.3 Å². The van der Waals surface area contributed by atoms with E-state index in [2.05, 4.69) is 10.1 Å². The summed E-state index contributed by atoms with van der Waals surface area (Å²) in [6.45, 7) is 0.862. The Morgan fingerprint density at radius 1 is 1.19 bits per heavy atom. The minimum atomic E-state index is -0.919. The van der Waals surface area contributed by atoms with Gasteiger partial charge in [-0.05, 0) is 37.1 Å². The van der Waals surface area contributed by atoms with Crippen LogP contribution in [0.1, 0.15) is 24.5 Å². The number of hydrogen-bond acceptors (Lipinski definition) is 3.